The Labute approximate surface area is 359 Å². The average Bonchev–Trinajstić information content (AvgIpc) is 3.18. The highest BCUT2D eigenvalue weighted by atomic mass is 33.1. The van der Waals surface area contributed by atoms with E-state index in [0.717, 1.165) is 21.6 Å². The number of thioether (sulfide) groups is 1. The first-order valence-corrected chi connectivity index (χ1v) is 22.3. The standard InChI is InChI=1S/C39H53N7O11S3/c1-38(2)30(45-32(51)24(40)17-22-11-13-23(47)14-12-22)35(54)41-20-28(48)42-26(18-21-9-7-6-8-10-21)34(53)46-31(39(3,4)60-59-38)36(55)43-25(15-16-58-5)33(52)44-27(37(56)57)19-29(49)50/h6-14,24-27,30-31,47H,15-20,40H2,1-5H3,(H,41,54)(H,42,48)(H,43,55)(H,44,52)(H,45,51)(H,46,53)(H,49,50)(H,56,57)/t24-,25-,26-,27-,30-,31?/m0/s1. The smallest absolute Gasteiger partial charge is 0.326 e. The molecule has 3 rings (SSSR count). The fourth-order valence-electron chi connectivity index (χ4n) is 5.87. The summed E-state index contributed by atoms with van der Waals surface area (Å²) in [6.07, 6.45) is 0.888. The summed E-state index contributed by atoms with van der Waals surface area (Å²) in [7, 11) is 2.20. The number of carboxylic acids is 2. The van der Waals surface area contributed by atoms with Crippen LogP contribution in [-0.2, 0) is 51.2 Å². The van der Waals surface area contributed by atoms with Crippen molar-refractivity contribution in [1.29, 1.82) is 0 Å². The third-order valence-corrected chi connectivity index (χ3v) is 14.2. The topological polar surface area (TPSA) is 295 Å². The lowest BCUT2D eigenvalue weighted by atomic mass is 9.99. The molecule has 1 heterocycles. The van der Waals surface area contributed by atoms with Crippen LogP contribution in [0.25, 0.3) is 0 Å². The van der Waals surface area contributed by atoms with Crippen molar-refractivity contribution in [3.63, 3.8) is 0 Å². The highest BCUT2D eigenvalue weighted by Gasteiger charge is 2.45. The lowest BCUT2D eigenvalue weighted by Crippen LogP contribution is -2.64. The first-order valence-electron chi connectivity index (χ1n) is 18.8. The number of amides is 6. The van der Waals surface area contributed by atoms with Crippen molar-refractivity contribution in [3.05, 3.63) is 65.7 Å². The Kier molecular flexibility index (Phi) is 18.6. The van der Waals surface area contributed by atoms with Gasteiger partial charge in [0.15, 0.2) is 0 Å². The van der Waals surface area contributed by atoms with Crippen molar-refractivity contribution in [2.45, 2.75) is 99.1 Å². The molecule has 0 radical (unpaired) electrons. The van der Waals surface area contributed by atoms with Gasteiger partial charge in [0, 0.05) is 15.9 Å². The number of carbonyl (C=O) groups excluding carboxylic acids is 6. The highest BCUT2D eigenvalue weighted by molar-refractivity contribution is 8.77. The number of carboxylic acid groups (broad SMARTS) is 2. The zero-order valence-electron chi connectivity index (χ0n) is 33.8. The maximum atomic E-state index is 14.4. The molecule has 21 heteroatoms. The molecule has 60 heavy (non-hydrogen) atoms. The van der Waals surface area contributed by atoms with E-state index in [2.05, 4.69) is 31.9 Å². The van der Waals surface area contributed by atoms with Gasteiger partial charge in [-0.1, -0.05) is 64.1 Å². The van der Waals surface area contributed by atoms with Crippen LogP contribution in [0.5, 0.6) is 5.75 Å². The van der Waals surface area contributed by atoms with Crippen LogP contribution in [0.4, 0.5) is 0 Å². The maximum absolute atomic E-state index is 14.4. The normalized spacial score (nSPS) is 21.0. The lowest BCUT2D eigenvalue weighted by Gasteiger charge is -2.39. The van der Waals surface area contributed by atoms with Gasteiger partial charge in [-0.15, -0.1) is 0 Å². The predicted octanol–water partition coefficient (Wildman–Crippen LogP) is 0.310. The van der Waals surface area contributed by atoms with Crippen molar-refractivity contribution >= 4 is 80.7 Å². The number of rotatable bonds is 16. The minimum absolute atomic E-state index is 0.00618. The van der Waals surface area contributed by atoms with E-state index in [0.29, 0.717) is 16.9 Å². The number of phenolic OH excluding ortho intramolecular Hbond substituents is 1. The quantitative estimate of drug-likeness (QED) is 0.102. The molecule has 11 N–H and O–H groups in total. The Morgan fingerprint density at radius 2 is 1.48 bits per heavy atom. The van der Waals surface area contributed by atoms with Gasteiger partial charge >= 0.3 is 11.9 Å². The Hall–Kier alpha value is -4.99. The van der Waals surface area contributed by atoms with Gasteiger partial charge in [0.05, 0.1) is 19.0 Å². The van der Waals surface area contributed by atoms with Crippen molar-refractivity contribution in [1.82, 2.24) is 31.9 Å². The molecular formula is C39H53N7O11S3. The summed E-state index contributed by atoms with van der Waals surface area (Å²) in [5.74, 6) is -7.45. The SMILES string of the molecule is CSCC[C@H](NC(=O)C1NC(=O)[C@H](Cc2ccccc2)NC(=O)CNC(=O)[C@H](NC(=O)[C@@H](N)Cc2ccc(O)cc2)C(C)(C)SSC1(C)C)C(=O)N[C@@H](CC(=O)O)C(=O)O. The Morgan fingerprint density at radius 1 is 0.850 bits per heavy atom. The second kappa shape index (κ2) is 22.6. The molecule has 0 saturated carbocycles. The predicted molar refractivity (Wildman–Crippen MR) is 229 cm³/mol. The summed E-state index contributed by atoms with van der Waals surface area (Å²) in [4.78, 5) is 106. The Balaban J connectivity index is 2.02. The molecule has 2 aromatic rings. The van der Waals surface area contributed by atoms with Gasteiger partial charge in [0.1, 0.15) is 36.0 Å². The van der Waals surface area contributed by atoms with Gasteiger partial charge in [0.2, 0.25) is 35.4 Å². The molecule has 18 nitrogen and oxygen atoms in total. The van der Waals surface area contributed by atoms with Crippen LogP contribution in [0.2, 0.25) is 0 Å². The molecule has 1 fully saturated rings. The van der Waals surface area contributed by atoms with Gasteiger partial charge in [-0.3, -0.25) is 33.6 Å². The number of aromatic hydroxyl groups is 1. The van der Waals surface area contributed by atoms with Crippen LogP contribution in [0.15, 0.2) is 54.6 Å². The number of nitrogens with two attached hydrogens (primary N) is 1. The molecule has 1 unspecified atom stereocenters. The zero-order valence-corrected chi connectivity index (χ0v) is 36.3. The summed E-state index contributed by atoms with van der Waals surface area (Å²) in [5, 5.41) is 43.9. The zero-order chi connectivity index (χ0) is 44.8. The molecular weight excluding hydrogens is 839 g/mol. The largest absolute Gasteiger partial charge is 0.508 e. The van der Waals surface area contributed by atoms with E-state index in [9.17, 15) is 53.7 Å². The number of nitrogens with one attached hydrogen (secondary N) is 6. The number of hydrogen-bond donors (Lipinski definition) is 10. The molecule has 1 saturated heterocycles. The van der Waals surface area contributed by atoms with Crippen molar-refractivity contribution in [2.24, 2.45) is 5.73 Å². The monoisotopic (exact) mass is 891 g/mol. The Morgan fingerprint density at radius 3 is 2.08 bits per heavy atom. The summed E-state index contributed by atoms with van der Waals surface area (Å²) in [5.41, 5.74) is 7.57. The fraction of sp³-hybridized carbons (Fsp3) is 0.487. The van der Waals surface area contributed by atoms with E-state index < -0.39 is 106 Å². The summed E-state index contributed by atoms with van der Waals surface area (Å²) >= 11 is 1.33. The van der Waals surface area contributed by atoms with Gasteiger partial charge in [-0.2, -0.15) is 11.8 Å². The minimum atomic E-state index is -1.79. The summed E-state index contributed by atoms with van der Waals surface area (Å²) in [6.45, 7) is 6.00. The van der Waals surface area contributed by atoms with Crippen molar-refractivity contribution < 1.29 is 53.7 Å². The molecule has 6 atom stereocenters. The number of phenols is 1. The van der Waals surface area contributed by atoms with Crippen molar-refractivity contribution in [3.8, 4) is 5.75 Å². The molecule has 2 aromatic carbocycles. The van der Waals surface area contributed by atoms with Gasteiger partial charge in [-0.05, 0) is 75.8 Å². The fourth-order valence-corrected chi connectivity index (χ4v) is 9.16. The summed E-state index contributed by atoms with van der Waals surface area (Å²) in [6, 6.07) is 6.55. The van der Waals surface area contributed by atoms with Crippen LogP contribution in [0.1, 0.15) is 51.7 Å². The number of aliphatic carboxylic acids is 2. The van der Waals surface area contributed by atoms with E-state index >= 15 is 0 Å². The first-order chi connectivity index (χ1) is 28.1. The molecule has 0 aliphatic carbocycles. The second-order valence-electron chi connectivity index (χ2n) is 15.1. The minimum Gasteiger partial charge on any atom is -0.508 e. The number of hydrogen-bond acceptors (Lipinski definition) is 13. The van der Waals surface area contributed by atoms with Crippen LogP contribution in [0, 0.1) is 0 Å². The van der Waals surface area contributed by atoms with E-state index in [1.54, 1.807) is 76.4 Å². The first kappa shape index (κ1) is 49.4. The van der Waals surface area contributed by atoms with Gasteiger partial charge in [0.25, 0.3) is 0 Å². The number of carbonyl (C=O) groups is 8. The van der Waals surface area contributed by atoms with Crippen LogP contribution in [-0.4, -0.2) is 127 Å². The average molecular weight is 892 g/mol. The van der Waals surface area contributed by atoms with E-state index in [-0.39, 0.29) is 25.0 Å². The van der Waals surface area contributed by atoms with Crippen LogP contribution in [0.3, 0.4) is 0 Å². The van der Waals surface area contributed by atoms with E-state index in [1.165, 1.54) is 23.9 Å². The molecule has 328 valence electrons. The van der Waals surface area contributed by atoms with Crippen molar-refractivity contribution in [2.75, 3.05) is 18.6 Å². The third-order valence-electron chi connectivity index (χ3n) is 9.28. The molecule has 0 bridgehead atoms. The van der Waals surface area contributed by atoms with E-state index in [1.807, 2.05) is 0 Å². The molecule has 6 amide bonds. The van der Waals surface area contributed by atoms with E-state index in [4.69, 9.17) is 5.73 Å². The second-order valence-corrected chi connectivity index (χ2v) is 19.5. The maximum Gasteiger partial charge on any atom is 0.326 e. The van der Waals surface area contributed by atoms with Crippen LogP contribution >= 0.6 is 33.3 Å². The molecule has 0 aromatic heterocycles. The van der Waals surface area contributed by atoms with Crippen LogP contribution < -0.4 is 37.6 Å². The summed E-state index contributed by atoms with van der Waals surface area (Å²) < 4.78 is -2.46. The highest BCUT2D eigenvalue weighted by Crippen LogP contribution is 2.46. The molecule has 0 spiro atoms. The lowest BCUT2D eigenvalue weighted by molar-refractivity contribution is -0.147. The molecule has 1 aliphatic heterocycles. The molecule has 1 aliphatic rings. The Bertz CT molecular complexity index is 1870. The third kappa shape index (κ3) is 15.2. The van der Waals surface area contributed by atoms with Gasteiger partial charge < -0.3 is 53.0 Å². The number of benzene rings is 2. The van der Waals surface area contributed by atoms with Gasteiger partial charge in [-0.25, -0.2) is 4.79 Å².